The van der Waals surface area contributed by atoms with E-state index < -0.39 is 0 Å². The van der Waals surface area contributed by atoms with Crippen LogP contribution in [-0.2, 0) is 0 Å². The van der Waals surface area contributed by atoms with E-state index in [1.54, 1.807) is 0 Å². The monoisotopic (exact) mass is 390 g/mol. The van der Waals surface area contributed by atoms with Crippen LogP contribution < -0.4 is 0 Å². The molecule has 2 heteroatoms. The SMILES string of the molecule is C[N+](C)(C)CCCCCCCCCCCCCCCCCCBr. The van der Waals surface area contributed by atoms with Crippen LogP contribution in [0.25, 0.3) is 0 Å². The zero-order valence-electron chi connectivity index (χ0n) is 16.6. The predicted molar refractivity (Wildman–Crippen MR) is 111 cm³/mol. The van der Waals surface area contributed by atoms with E-state index in [2.05, 4.69) is 37.1 Å². The third-order valence-electron chi connectivity index (χ3n) is 4.71. The highest BCUT2D eigenvalue weighted by atomic mass is 79.9. The van der Waals surface area contributed by atoms with Crippen LogP contribution in [0.5, 0.6) is 0 Å². The Balaban J connectivity index is 3.00. The van der Waals surface area contributed by atoms with Gasteiger partial charge in [-0.25, -0.2) is 0 Å². The summed E-state index contributed by atoms with van der Waals surface area (Å²) >= 11 is 3.50. The van der Waals surface area contributed by atoms with Crippen LogP contribution in [0.1, 0.15) is 103 Å². The van der Waals surface area contributed by atoms with Gasteiger partial charge in [-0.05, 0) is 19.3 Å². The first-order valence-electron chi connectivity index (χ1n) is 10.4. The number of nitrogens with zero attached hydrogens (tertiary/aromatic N) is 1. The van der Waals surface area contributed by atoms with Crippen LogP contribution in [0, 0.1) is 0 Å². The molecule has 0 saturated carbocycles. The second-order valence-corrected chi connectivity index (χ2v) is 9.15. The van der Waals surface area contributed by atoms with Crippen molar-refractivity contribution in [1.29, 1.82) is 0 Å². The summed E-state index contributed by atoms with van der Waals surface area (Å²) in [5.74, 6) is 0. The number of alkyl halides is 1. The Kier molecular flexibility index (Phi) is 17.6. The van der Waals surface area contributed by atoms with Gasteiger partial charge in [0.25, 0.3) is 0 Å². The van der Waals surface area contributed by atoms with Crippen LogP contribution in [-0.4, -0.2) is 37.5 Å². The van der Waals surface area contributed by atoms with Crippen molar-refractivity contribution in [2.75, 3.05) is 33.0 Å². The molecule has 140 valence electrons. The Morgan fingerprint density at radius 3 is 0.957 bits per heavy atom. The molecule has 0 unspecified atom stereocenters. The molecule has 0 heterocycles. The number of hydrogen-bond donors (Lipinski definition) is 0. The van der Waals surface area contributed by atoms with Gasteiger partial charge in [0.05, 0.1) is 27.7 Å². The van der Waals surface area contributed by atoms with E-state index >= 15 is 0 Å². The maximum Gasteiger partial charge on any atom is 0.0780 e. The van der Waals surface area contributed by atoms with Gasteiger partial charge in [-0.15, -0.1) is 0 Å². The molecule has 0 fully saturated rings. The zero-order chi connectivity index (χ0) is 17.2. The molecule has 0 N–H and O–H groups in total. The molecule has 0 atom stereocenters. The molecule has 0 bridgehead atoms. The largest absolute Gasteiger partial charge is 0.331 e. The standard InChI is InChI=1S/C21H45BrN/c1-23(2,3)21-19-17-15-13-11-9-7-5-4-6-8-10-12-14-16-18-20-22/h4-21H2,1-3H3/q+1. The summed E-state index contributed by atoms with van der Waals surface area (Å²) in [4.78, 5) is 0. The lowest BCUT2D eigenvalue weighted by atomic mass is 10.0. The maximum atomic E-state index is 3.50. The summed E-state index contributed by atoms with van der Waals surface area (Å²) in [6.07, 6.45) is 23.2. The van der Waals surface area contributed by atoms with Crippen LogP contribution in [0.4, 0.5) is 0 Å². The van der Waals surface area contributed by atoms with Gasteiger partial charge in [0, 0.05) is 5.33 Å². The van der Waals surface area contributed by atoms with Crippen molar-refractivity contribution in [2.24, 2.45) is 0 Å². The van der Waals surface area contributed by atoms with Crippen LogP contribution in [0.3, 0.4) is 0 Å². The molecule has 0 saturated heterocycles. The molecule has 0 spiro atoms. The third-order valence-corrected chi connectivity index (χ3v) is 5.27. The fourth-order valence-corrected chi connectivity index (χ4v) is 3.55. The molecule has 0 rings (SSSR count). The highest BCUT2D eigenvalue weighted by Gasteiger charge is 2.04. The topological polar surface area (TPSA) is 0 Å². The molecule has 1 nitrogen and oxygen atoms in total. The first-order chi connectivity index (χ1) is 11.1. The number of halogens is 1. The molecule has 0 aromatic carbocycles. The number of rotatable bonds is 18. The Bertz CT molecular complexity index is 222. The third kappa shape index (κ3) is 22.4. The van der Waals surface area contributed by atoms with Gasteiger partial charge in [-0.3, -0.25) is 0 Å². The van der Waals surface area contributed by atoms with E-state index in [-0.39, 0.29) is 0 Å². The molecule has 0 aliphatic rings. The summed E-state index contributed by atoms with van der Waals surface area (Å²) in [7, 11) is 6.89. The molecule has 23 heavy (non-hydrogen) atoms. The smallest absolute Gasteiger partial charge is 0.0780 e. The summed E-state index contributed by atoms with van der Waals surface area (Å²) in [5.41, 5.74) is 0. The van der Waals surface area contributed by atoms with Crippen LogP contribution in [0.15, 0.2) is 0 Å². The van der Waals surface area contributed by atoms with Gasteiger partial charge in [-0.2, -0.15) is 0 Å². The lowest BCUT2D eigenvalue weighted by Gasteiger charge is -2.23. The minimum atomic E-state index is 1.12. The van der Waals surface area contributed by atoms with Crippen LogP contribution >= 0.6 is 15.9 Å². The van der Waals surface area contributed by atoms with Crippen molar-refractivity contribution in [3.8, 4) is 0 Å². The molecule has 0 aromatic heterocycles. The first-order valence-corrected chi connectivity index (χ1v) is 11.5. The van der Waals surface area contributed by atoms with Crippen molar-refractivity contribution < 1.29 is 4.48 Å². The average Bonchev–Trinajstić information content (AvgIpc) is 2.49. The fourth-order valence-electron chi connectivity index (χ4n) is 3.16. The molecule has 0 aromatic rings. The average molecular weight is 392 g/mol. The van der Waals surface area contributed by atoms with E-state index in [4.69, 9.17) is 0 Å². The molecular formula is C21H45BrN+. The summed E-state index contributed by atoms with van der Waals surface area (Å²) in [5, 5.41) is 1.18. The highest BCUT2D eigenvalue weighted by molar-refractivity contribution is 9.09. The Hall–Kier alpha value is 0.440. The van der Waals surface area contributed by atoms with E-state index in [0.29, 0.717) is 0 Å². The second kappa shape index (κ2) is 17.3. The Morgan fingerprint density at radius 2 is 0.696 bits per heavy atom. The van der Waals surface area contributed by atoms with Crippen molar-refractivity contribution in [1.82, 2.24) is 0 Å². The fraction of sp³-hybridized carbons (Fsp3) is 1.00. The molecule has 0 aliphatic carbocycles. The Labute approximate surface area is 156 Å². The lowest BCUT2D eigenvalue weighted by molar-refractivity contribution is -0.870. The zero-order valence-corrected chi connectivity index (χ0v) is 18.1. The summed E-state index contributed by atoms with van der Waals surface area (Å²) in [6, 6.07) is 0. The lowest BCUT2D eigenvalue weighted by Crippen LogP contribution is -2.35. The van der Waals surface area contributed by atoms with Gasteiger partial charge >= 0.3 is 0 Å². The Morgan fingerprint density at radius 1 is 0.435 bits per heavy atom. The van der Waals surface area contributed by atoms with Gasteiger partial charge in [0.2, 0.25) is 0 Å². The number of quaternary nitrogens is 1. The van der Waals surface area contributed by atoms with E-state index in [1.165, 1.54) is 115 Å². The summed E-state index contributed by atoms with van der Waals surface area (Å²) < 4.78 is 1.12. The molecule has 0 aliphatic heterocycles. The van der Waals surface area contributed by atoms with Gasteiger partial charge < -0.3 is 4.48 Å². The van der Waals surface area contributed by atoms with Crippen molar-refractivity contribution in [3.05, 3.63) is 0 Å². The van der Waals surface area contributed by atoms with Gasteiger partial charge in [0.15, 0.2) is 0 Å². The number of unbranched alkanes of at least 4 members (excludes halogenated alkanes) is 15. The first kappa shape index (κ1) is 23.4. The van der Waals surface area contributed by atoms with E-state index in [0.717, 1.165) is 4.48 Å². The van der Waals surface area contributed by atoms with Gasteiger partial charge in [-0.1, -0.05) is 99.4 Å². The predicted octanol–water partition coefficient (Wildman–Crippen LogP) is 7.33. The second-order valence-electron chi connectivity index (χ2n) is 8.36. The number of hydrogen-bond acceptors (Lipinski definition) is 0. The normalized spacial score (nSPS) is 12.0. The molecular weight excluding hydrogens is 346 g/mol. The van der Waals surface area contributed by atoms with Crippen molar-refractivity contribution in [3.63, 3.8) is 0 Å². The molecule has 0 amide bonds. The van der Waals surface area contributed by atoms with E-state index in [1.807, 2.05) is 0 Å². The van der Waals surface area contributed by atoms with Gasteiger partial charge in [0.1, 0.15) is 0 Å². The van der Waals surface area contributed by atoms with Crippen LogP contribution in [0.2, 0.25) is 0 Å². The van der Waals surface area contributed by atoms with E-state index in [9.17, 15) is 0 Å². The minimum Gasteiger partial charge on any atom is -0.331 e. The minimum absolute atomic E-state index is 1.12. The molecule has 0 radical (unpaired) electrons. The summed E-state index contributed by atoms with van der Waals surface area (Å²) in [6.45, 7) is 1.33. The van der Waals surface area contributed by atoms with Crippen molar-refractivity contribution >= 4 is 15.9 Å². The highest BCUT2D eigenvalue weighted by Crippen LogP contribution is 2.14. The quantitative estimate of drug-likeness (QED) is 0.130. The maximum absolute atomic E-state index is 3.50. The van der Waals surface area contributed by atoms with Crippen molar-refractivity contribution in [2.45, 2.75) is 103 Å².